The second-order valence-corrected chi connectivity index (χ2v) is 9.20. The highest BCUT2D eigenvalue weighted by molar-refractivity contribution is 5.97. The topological polar surface area (TPSA) is 64.5 Å². The van der Waals surface area contributed by atoms with Gasteiger partial charge >= 0.3 is 6.03 Å². The van der Waals surface area contributed by atoms with E-state index < -0.39 is 0 Å². The number of urea groups is 1. The molecular weight excluding hydrogens is 414 g/mol. The van der Waals surface area contributed by atoms with E-state index in [4.69, 9.17) is 15.9 Å². The number of nitrogens with one attached hydrogen (secondary N) is 2. The number of ether oxygens (including phenoxy) is 2. The summed E-state index contributed by atoms with van der Waals surface area (Å²) in [6.45, 7) is 0.242. The van der Waals surface area contributed by atoms with Crippen molar-refractivity contribution < 1.29 is 14.3 Å². The number of aromatic nitrogens is 1. The number of hydrogen-bond donors (Lipinski definition) is 2. The van der Waals surface area contributed by atoms with Gasteiger partial charge in [-0.2, -0.15) is 0 Å². The molecule has 0 saturated heterocycles. The zero-order valence-corrected chi connectivity index (χ0v) is 18.5. The molecule has 1 aliphatic heterocycles. The van der Waals surface area contributed by atoms with E-state index in [1.165, 1.54) is 19.3 Å². The molecule has 6 nitrogen and oxygen atoms in total. The van der Waals surface area contributed by atoms with E-state index in [1.54, 1.807) is 0 Å². The standard InChI is InChI=1S/C27H27N3O3/c1-2-21-22-14-24-25(33-16-32-24)15-23(22)30(20-8-5-9-20)26(21)17-10-12-19(13-11-17)29-27(31)28-18-6-3-4-7-18/h1,10-15,18,20H,3-9,16H2,(H2,28,29,31). The molecule has 6 heteroatoms. The number of fused-ring (bicyclic) bond motifs is 2. The van der Waals surface area contributed by atoms with Crippen LogP contribution < -0.4 is 20.1 Å². The first kappa shape index (κ1) is 20.0. The lowest BCUT2D eigenvalue weighted by Gasteiger charge is -2.30. The molecule has 2 aromatic carbocycles. The van der Waals surface area contributed by atoms with Crippen molar-refractivity contribution in [3.8, 4) is 35.1 Å². The van der Waals surface area contributed by atoms with Gasteiger partial charge in [0.25, 0.3) is 0 Å². The molecule has 3 aromatic rings. The molecule has 6 rings (SSSR count). The van der Waals surface area contributed by atoms with Crippen LogP contribution in [0.1, 0.15) is 56.6 Å². The lowest BCUT2D eigenvalue weighted by molar-refractivity contribution is 0.174. The van der Waals surface area contributed by atoms with Crippen LogP contribution in [0.2, 0.25) is 0 Å². The molecule has 2 fully saturated rings. The number of hydrogen-bond acceptors (Lipinski definition) is 3. The van der Waals surface area contributed by atoms with Crippen LogP contribution in [0.5, 0.6) is 11.5 Å². The number of amides is 2. The van der Waals surface area contributed by atoms with Crippen LogP contribution in [0, 0.1) is 12.3 Å². The van der Waals surface area contributed by atoms with Gasteiger partial charge in [0.2, 0.25) is 6.79 Å². The van der Waals surface area contributed by atoms with Gasteiger partial charge in [0.15, 0.2) is 11.5 Å². The van der Waals surface area contributed by atoms with E-state index in [1.807, 2.05) is 30.3 Å². The Kier molecular flexibility index (Phi) is 4.91. The quantitative estimate of drug-likeness (QED) is 0.503. The smallest absolute Gasteiger partial charge is 0.319 e. The van der Waals surface area contributed by atoms with Gasteiger partial charge in [0.1, 0.15) is 0 Å². The van der Waals surface area contributed by atoms with Crippen molar-refractivity contribution in [3.05, 3.63) is 42.0 Å². The Bertz CT molecular complexity index is 1260. The Morgan fingerprint density at radius 3 is 2.39 bits per heavy atom. The van der Waals surface area contributed by atoms with Gasteiger partial charge < -0.3 is 24.7 Å². The van der Waals surface area contributed by atoms with Gasteiger partial charge in [-0.15, -0.1) is 6.42 Å². The Morgan fingerprint density at radius 2 is 1.73 bits per heavy atom. The number of rotatable bonds is 4. The number of terminal acetylenes is 1. The summed E-state index contributed by atoms with van der Waals surface area (Å²) in [6, 6.07) is 12.6. The number of anilines is 1. The first-order chi connectivity index (χ1) is 16.2. The van der Waals surface area contributed by atoms with Gasteiger partial charge in [-0.1, -0.05) is 30.9 Å². The van der Waals surface area contributed by atoms with Crippen LogP contribution in [0.25, 0.3) is 22.2 Å². The first-order valence-corrected chi connectivity index (χ1v) is 11.8. The molecule has 0 radical (unpaired) electrons. The van der Waals surface area contributed by atoms with E-state index >= 15 is 0 Å². The zero-order chi connectivity index (χ0) is 22.4. The fraction of sp³-hybridized carbons (Fsp3) is 0.370. The molecule has 2 N–H and O–H groups in total. The normalized spacial score (nSPS) is 17.7. The number of carbonyl (C=O) groups is 1. The average Bonchev–Trinajstić information content (AvgIpc) is 3.51. The summed E-state index contributed by atoms with van der Waals surface area (Å²) < 4.78 is 13.6. The lowest BCUT2D eigenvalue weighted by atomic mass is 9.92. The fourth-order valence-corrected chi connectivity index (χ4v) is 5.29. The fourth-order valence-electron chi connectivity index (χ4n) is 5.29. The molecule has 2 amide bonds. The summed E-state index contributed by atoms with van der Waals surface area (Å²) in [6.07, 6.45) is 14.0. The summed E-state index contributed by atoms with van der Waals surface area (Å²) >= 11 is 0. The molecule has 0 bridgehead atoms. The molecule has 33 heavy (non-hydrogen) atoms. The van der Waals surface area contributed by atoms with E-state index in [0.29, 0.717) is 6.04 Å². The van der Waals surface area contributed by atoms with Crippen LogP contribution in [0.3, 0.4) is 0 Å². The lowest BCUT2D eigenvalue weighted by Crippen LogP contribution is -2.36. The molecule has 2 heterocycles. The second kappa shape index (κ2) is 8.08. The molecule has 0 unspecified atom stereocenters. The molecule has 2 aliphatic carbocycles. The number of nitrogens with zero attached hydrogens (tertiary/aromatic N) is 1. The van der Waals surface area contributed by atoms with Crippen LogP contribution >= 0.6 is 0 Å². The maximum Gasteiger partial charge on any atom is 0.319 e. The van der Waals surface area contributed by atoms with E-state index in [2.05, 4.69) is 27.2 Å². The van der Waals surface area contributed by atoms with Gasteiger partial charge in [0, 0.05) is 29.2 Å². The van der Waals surface area contributed by atoms with E-state index in [0.717, 1.165) is 70.6 Å². The van der Waals surface area contributed by atoms with Gasteiger partial charge in [-0.25, -0.2) is 4.79 Å². The maximum absolute atomic E-state index is 12.4. The van der Waals surface area contributed by atoms with Gasteiger partial charge in [-0.05, 0) is 55.9 Å². The Labute approximate surface area is 193 Å². The molecule has 1 aromatic heterocycles. The third-order valence-corrected chi connectivity index (χ3v) is 7.19. The predicted octanol–water partition coefficient (Wildman–Crippen LogP) is 5.81. The minimum Gasteiger partial charge on any atom is -0.454 e. The molecule has 0 atom stereocenters. The predicted molar refractivity (Wildman–Crippen MR) is 129 cm³/mol. The third-order valence-electron chi connectivity index (χ3n) is 7.19. The molecule has 3 aliphatic rings. The van der Waals surface area contributed by atoms with Crippen molar-refractivity contribution >= 4 is 22.6 Å². The van der Waals surface area contributed by atoms with E-state index in [9.17, 15) is 4.79 Å². The van der Waals surface area contributed by atoms with Crippen molar-refractivity contribution in [1.82, 2.24) is 9.88 Å². The van der Waals surface area contributed by atoms with Crippen molar-refractivity contribution in [3.63, 3.8) is 0 Å². The number of carbonyl (C=O) groups excluding carboxylic acids is 1. The largest absolute Gasteiger partial charge is 0.454 e. The monoisotopic (exact) mass is 441 g/mol. The average molecular weight is 442 g/mol. The summed E-state index contributed by atoms with van der Waals surface area (Å²) in [4.78, 5) is 12.4. The number of benzene rings is 2. The van der Waals surface area contributed by atoms with Gasteiger partial charge in [-0.3, -0.25) is 0 Å². The third kappa shape index (κ3) is 3.48. The highest BCUT2D eigenvalue weighted by atomic mass is 16.7. The van der Waals surface area contributed by atoms with Crippen LogP contribution in [-0.2, 0) is 0 Å². The summed E-state index contributed by atoms with van der Waals surface area (Å²) in [5.74, 6) is 4.45. The SMILES string of the molecule is C#Cc1c(-c2ccc(NC(=O)NC3CCCC3)cc2)n(C2CCC2)c2cc3c(cc12)OCO3. The van der Waals surface area contributed by atoms with Crippen molar-refractivity contribution in [2.75, 3.05) is 12.1 Å². The summed E-state index contributed by atoms with van der Waals surface area (Å²) in [5, 5.41) is 7.04. The van der Waals surface area contributed by atoms with E-state index in [-0.39, 0.29) is 18.9 Å². The molecule has 168 valence electrons. The minimum atomic E-state index is -0.142. The molecule has 2 saturated carbocycles. The van der Waals surface area contributed by atoms with Crippen LogP contribution in [0.4, 0.5) is 10.5 Å². The van der Waals surface area contributed by atoms with Crippen LogP contribution in [0.15, 0.2) is 36.4 Å². The molecular formula is C27H27N3O3. The molecule has 0 spiro atoms. The first-order valence-electron chi connectivity index (χ1n) is 11.8. The van der Waals surface area contributed by atoms with Crippen molar-refractivity contribution in [1.29, 1.82) is 0 Å². The maximum atomic E-state index is 12.4. The highest BCUT2D eigenvalue weighted by Crippen LogP contribution is 2.46. The Hall–Kier alpha value is -3.59. The summed E-state index contributed by atoms with van der Waals surface area (Å²) in [7, 11) is 0. The minimum absolute atomic E-state index is 0.142. The summed E-state index contributed by atoms with van der Waals surface area (Å²) in [5.41, 5.74) is 4.81. The van der Waals surface area contributed by atoms with Gasteiger partial charge in [0.05, 0.1) is 16.8 Å². The second-order valence-electron chi connectivity index (χ2n) is 9.20. The van der Waals surface area contributed by atoms with Crippen molar-refractivity contribution in [2.24, 2.45) is 0 Å². The Balaban J connectivity index is 1.36. The van der Waals surface area contributed by atoms with Crippen molar-refractivity contribution in [2.45, 2.75) is 57.0 Å². The highest BCUT2D eigenvalue weighted by Gasteiger charge is 2.29. The van der Waals surface area contributed by atoms with Crippen LogP contribution in [-0.4, -0.2) is 23.4 Å². The zero-order valence-electron chi connectivity index (χ0n) is 18.5. The Morgan fingerprint density at radius 1 is 1.00 bits per heavy atom.